The smallest absolute Gasteiger partial charge is 0.353 e. The van der Waals surface area contributed by atoms with E-state index in [0.29, 0.717) is 11.3 Å². The molecule has 0 aliphatic carbocycles. The Kier molecular flexibility index (Phi) is 4.83. The lowest BCUT2D eigenvalue weighted by Crippen LogP contribution is -2.63. The number of carboxylic acid groups (broad SMARTS) is 1. The van der Waals surface area contributed by atoms with Crippen molar-refractivity contribution in [2.24, 2.45) is 11.8 Å². The molecule has 1 aromatic heterocycles. The average Bonchev–Trinajstić information content (AvgIpc) is 2.77. The molecule has 8 heteroatoms. The number of carbonyl (C=O) groups is 2. The molecule has 0 aromatic carbocycles. The highest BCUT2D eigenvalue weighted by molar-refractivity contribution is 8.03. The van der Waals surface area contributed by atoms with Crippen molar-refractivity contribution in [3.63, 3.8) is 0 Å². The molecule has 134 valence electrons. The monoisotopic (exact) mass is 363 g/mol. The number of aliphatic carboxylic acids is 1. The van der Waals surface area contributed by atoms with Crippen LogP contribution in [0.1, 0.15) is 26.5 Å². The molecule has 0 saturated carbocycles. The maximum Gasteiger partial charge on any atom is 0.353 e. The van der Waals surface area contributed by atoms with Crippen molar-refractivity contribution in [1.82, 2.24) is 15.1 Å². The molecular formula is C17H21N3O4S. The molecule has 1 aromatic rings. The van der Waals surface area contributed by atoms with E-state index in [9.17, 15) is 19.8 Å². The van der Waals surface area contributed by atoms with Gasteiger partial charge in [0.25, 0.3) is 0 Å². The van der Waals surface area contributed by atoms with Gasteiger partial charge in [-0.25, -0.2) is 4.79 Å². The van der Waals surface area contributed by atoms with Crippen molar-refractivity contribution in [3.05, 3.63) is 34.6 Å². The minimum atomic E-state index is -1.10. The minimum absolute atomic E-state index is 0.0652. The molecule has 1 saturated heterocycles. The standard InChI is InChI=1S/C17H21N3O4S/c1-8(7-11-5-4-6-18-19-11)25-15-9(2)13-12(10(3)21)16(22)20(13)14(15)17(23)24/h4-6,8-10,12-13,21H,7H2,1-3H3,(H,23,24)/t8?,9-,10-,12-,13-/m1/s1. The van der Waals surface area contributed by atoms with Crippen LogP contribution < -0.4 is 0 Å². The summed E-state index contributed by atoms with van der Waals surface area (Å²) in [6, 6.07) is 3.43. The van der Waals surface area contributed by atoms with Gasteiger partial charge in [-0.15, -0.1) is 11.8 Å². The highest BCUT2D eigenvalue weighted by atomic mass is 32.2. The van der Waals surface area contributed by atoms with Crippen LogP contribution in [-0.2, 0) is 16.0 Å². The lowest BCUT2D eigenvalue weighted by atomic mass is 9.79. The first kappa shape index (κ1) is 17.9. The van der Waals surface area contributed by atoms with Crippen molar-refractivity contribution in [2.75, 3.05) is 0 Å². The third kappa shape index (κ3) is 3.04. The summed E-state index contributed by atoms with van der Waals surface area (Å²) in [6.45, 7) is 5.50. The highest BCUT2D eigenvalue weighted by Crippen LogP contribution is 2.51. The van der Waals surface area contributed by atoms with Gasteiger partial charge >= 0.3 is 5.97 Å². The molecule has 0 radical (unpaired) electrons. The number of carbonyl (C=O) groups excluding carboxylic acids is 1. The van der Waals surface area contributed by atoms with Crippen LogP contribution in [-0.4, -0.2) is 54.6 Å². The highest BCUT2D eigenvalue weighted by Gasteiger charge is 2.60. The van der Waals surface area contributed by atoms with Gasteiger partial charge in [-0.3, -0.25) is 4.79 Å². The molecule has 3 heterocycles. The van der Waals surface area contributed by atoms with Gasteiger partial charge < -0.3 is 15.1 Å². The average molecular weight is 363 g/mol. The molecule has 7 nitrogen and oxygen atoms in total. The van der Waals surface area contributed by atoms with Crippen molar-refractivity contribution in [1.29, 1.82) is 0 Å². The number of rotatable bonds is 6. The van der Waals surface area contributed by atoms with E-state index in [0.717, 1.165) is 5.69 Å². The molecule has 1 unspecified atom stereocenters. The summed E-state index contributed by atoms with van der Waals surface area (Å²) in [5.41, 5.74) is 0.905. The first-order chi connectivity index (χ1) is 11.8. The van der Waals surface area contributed by atoms with E-state index in [4.69, 9.17) is 0 Å². The second kappa shape index (κ2) is 6.76. The number of thioether (sulfide) groups is 1. The summed E-state index contributed by atoms with van der Waals surface area (Å²) in [7, 11) is 0. The molecule has 2 N–H and O–H groups in total. The van der Waals surface area contributed by atoms with Gasteiger partial charge in [0.2, 0.25) is 5.91 Å². The van der Waals surface area contributed by atoms with Crippen molar-refractivity contribution < 1.29 is 19.8 Å². The molecule has 2 aliphatic rings. The summed E-state index contributed by atoms with van der Waals surface area (Å²) in [4.78, 5) is 26.1. The van der Waals surface area contributed by atoms with Crippen LogP contribution in [0.5, 0.6) is 0 Å². The Balaban J connectivity index is 1.82. The van der Waals surface area contributed by atoms with Crippen LogP contribution in [0.2, 0.25) is 0 Å². The topological polar surface area (TPSA) is 104 Å². The molecule has 0 spiro atoms. The third-order valence-electron chi connectivity index (χ3n) is 4.76. The Morgan fingerprint density at radius 2 is 2.16 bits per heavy atom. The summed E-state index contributed by atoms with van der Waals surface area (Å²) in [5.74, 6) is -2.04. The maximum atomic E-state index is 12.3. The van der Waals surface area contributed by atoms with Crippen molar-refractivity contribution >= 4 is 23.6 Å². The molecular weight excluding hydrogens is 342 g/mol. The van der Waals surface area contributed by atoms with Crippen LogP contribution in [0.3, 0.4) is 0 Å². The largest absolute Gasteiger partial charge is 0.477 e. The number of aromatic nitrogens is 2. The third-order valence-corrected chi connectivity index (χ3v) is 6.15. The maximum absolute atomic E-state index is 12.3. The van der Waals surface area contributed by atoms with Crippen LogP contribution >= 0.6 is 11.8 Å². The second-order valence-electron chi connectivity index (χ2n) is 6.62. The second-order valence-corrected chi connectivity index (χ2v) is 8.10. The number of hydrogen-bond donors (Lipinski definition) is 2. The number of aliphatic hydroxyl groups is 1. The van der Waals surface area contributed by atoms with Crippen LogP contribution in [0.15, 0.2) is 28.9 Å². The first-order valence-electron chi connectivity index (χ1n) is 8.24. The number of nitrogens with zero attached hydrogens (tertiary/aromatic N) is 3. The van der Waals surface area contributed by atoms with Gasteiger partial charge in [0.05, 0.1) is 23.8 Å². The molecule has 1 fully saturated rings. The van der Waals surface area contributed by atoms with E-state index in [1.54, 1.807) is 13.1 Å². The van der Waals surface area contributed by atoms with E-state index in [2.05, 4.69) is 10.2 Å². The van der Waals surface area contributed by atoms with Gasteiger partial charge in [-0.1, -0.05) is 13.8 Å². The minimum Gasteiger partial charge on any atom is -0.477 e. The van der Waals surface area contributed by atoms with Gasteiger partial charge in [0.15, 0.2) is 0 Å². The predicted octanol–water partition coefficient (Wildman–Crippen LogP) is 1.29. The van der Waals surface area contributed by atoms with Gasteiger partial charge in [0.1, 0.15) is 5.70 Å². The summed E-state index contributed by atoms with van der Waals surface area (Å²) in [5, 5.41) is 27.5. The Labute approximate surface area is 150 Å². The Morgan fingerprint density at radius 3 is 2.72 bits per heavy atom. The zero-order valence-corrected chi connectivity index (χ0v) is 15.1. The van der Waals surface area contributed by atoms with Crippen LogP contribution in [0.4, 0.5) is 0 Å². The van der Waals surface area contributed by atoms with E-state index < -0.39 is 18.0 Å². The molecule has 25 heavy (non-hydrogen) atoms. The lowest BCUT2D eigenvalue weighted by molar-refractivity contribution is -0.163. The van der Waals surface area contributed by atoms with Crippen LogP contribution in [0, 0.1) is 11.8 Å². The normalized spacial score (nSPS) is 27.8. The van der Waals surface area contributed by atoms with E-state index in [1.807, 2.05) is 26.0 Å². The summed E-state index contributed by atoms with van der Waals surface area (Å²) >= 11 is 1.47. The predicted molar refractivity (Wildman–Crippen MR) is 92.4 cm³/mol. The zero-order chi connectivity index (χ0) is 18.3. The lowest BCUT2D eigenvalue weighted by Gasteiger charge is -2.46. The zero-order valence-electron chi connectivity index (χ0n) is 14.3. The fraction of sp³-hybridized carbons (Fsp3) is 0.529. The van der Waals surface area contributed by atoms with Gasteiger partial charge in [0, 0.05) is 28.7 Å². The van der Waals surface area contributed by atoms with E-state index >= 15 is 0 Å². The molecule has 3 rings (SSSR count). The summed E-state index contributed by atoms with van der Waals surface area (Å²) in [6.07, 6.45) is 1.48. The first-order valence-corrected chi connectivity index (χ1v) is 9.12. The number of β-lactam (4-membered cyclic amide) rings is 1. The fourth-order valence-corrected chi connectivity index (χ4v) is 5.01. The SMILES string of the molecule is CC(Cc1cccnn1)SC1=C(C(=O)O)N2C(=O)[C@H]([C@@H](C)O)[C@H]2[C@H]1C. The Bertz CT molecular complexity index is 722. The molecule has 1 amide bonds. The number of hydrogen-bond acceptors (Lipinski definition) is 6. The number of carboxylic acids is 1. The Hall–Kier alpha value is -1.93. The van der Waals surface area contributed by atoms with Crippen molar-refractivity contribution in [3.8, 4) is 0 Å². The molecule has 5 atom stereocenters. The molecule has 0 bridgehead atoms. The Morgan fingerprint density at radius 1 is 1.44 bits per heavy atom. The summed E-state index contributed by atoms with van der Waals surface area (Å²) < 4.78 is 0. The number of amides is 1. The van der Waals surface area contributed by atoms with Gasteiger partial charge in [-0.2, -0.15) is 10.2 Å². The van der Waals surface area contributed by atoms with E-state index in [1.165, 1.54) is 16.7 Å². The van der Waals surface area contributed by atoms with Crippen LogP contribution in [0.25, 0.3) is 0 Å². The molecule has 2 aliphatic heterocycles. The fourth-order valence-electron chi connectivity index (χ4n) is 3.67. The number of fused-ring (bicyclic) bond motifs is 1. The van der Waals surface area contributed by atoms with Crippen molar-refractivity contribution in [2.45, 2.75) is 44.6 Å². The van der Waals surface area contributed by atoms with Gasteiger partial charge in [-0.05, 0) is 19.1 Å². The quantitative estimate of drug-likeness (QED) is 0.734. The van der Waals surface area contributed by atoms with E-state index in [-0.39, 0.29) is 28.8 Å². The number of aliphatic hydroxyl groups excluding tert-OH is 1.